The van der Waals surface area contributed by atoms with Crippen LogP contribution < -0.4 is 0 Å². The maximum Gasteiger partial charge on any atom is 0.247 e. The molecule has 0 atom stereocenters. The molecule has 15 heavy (non-hydrogen) atoms. The third kappa shape index (κ3) is 1.88. The quantitative estimate of drug-likeness (QED) is 0.655. The molecule has 0 aromatic carbocycles. The third-order valence-corrected chi connectivity index (χ3v) is 3.92. The minimum atomic E-state index is 0.103. The number of hydrogen-bond acceptors (Lipinski definition) is 3. The lowest BCUT2D eigenvalue weighted by atomic mass is 9.90. The highest BCUT2D eigenvalue weighted by Crippen LogP contribution is 2.41. The average Bonchev–Trinajstić information content (AvgIpc) is 2.74. The Kier molecular flexibility index (Phi) is 2.98. The molecule has 4 nitrogen and oxygen atoms in total. The van der Waals surface area contributed by atoms with Gasteiger partial charge in [-0.05, 0) is 38.8 Å². The molecule has 86 valence electrons. The van der Waals surface area contributed by atoms with E-state index >= 15 is 0 Å². The summed E-state index contributed by atoms with van der Waals surface area (Å²) in [6, 6.07) is 0. The first-order chi connectivity index (χ1) is 7.18. The van der Waals surface area contributed by atoms with Gasteiger partial charge in [0.2, 0.25) is 5.91 Å². The summed E-state index contributed by atoms with van der Waals surface area (Å²) < 4.78 is 0. The molecule has 0 N–H and O–H groups in total. The van der Waals surface area contributed by atoms with Crippen LogP contribution in [0.3, 0.4) is 0 Å². The summed E-state index contributed by atoms with van der Waals surface area (Å²) in [6.07, 6.45) is 5.46. The average molecular weight is 212 g/mol. The fourth-order valence-corrected chi connectivity index (χ4v) is 3.01. The maximum absolute atomic E-state index is 11.8. The monoisotopic (exact) mass is 212 g/mol. The molecule has 0 bridgehead atoms. The molecule has 2 saturated heterocycles. The van der Waals surface area contributed by atoms with Crippen molar-refractivity contribution in [3.8, 4) is 0 Å². The molecule has 2 aliphatic rings. The number of fused-ring (bicyclic) bond motifs is 1. The van der Waals surface area contributed by atoms with Gasteiger partial charge in [-0.15, -0.1) is 0 Å². The predicted molar refractivity (Wildman–Crippen MR) is 57.2 cm³/mol. The van der Waals surface area contributed by atoms with Gasteiger partial charge in [-0.1, -0.05) is 0 Å². The largest absolute Gasteiger partial charge is 0.297 e. The van der Waals surface area contributed by atoms with Crippen molar-refractivity contribution < 1.29 is 9.63 Å². The van der Waals surface area contributed by atoms with Gasteiger partial charge in [-0.2, -0.15) is 0 Å². The predicted octanol–water partition coefficient (Wildman–Crippen LogP) is 1.02. The van der Waals surface area contributed by atoms with Crippen molar-refractivity contribution in [3.63, 3.8) is 0 Å². The van der Waals surface area contributed by atoms with Gasteiger partial charge < -0.3 is 0 Å². The molecule has 2 fully saturated rings. The smallest absolute Gasteiger partial charge is 0.247 e. The lowest BCUT2D eigenvalue weighted by molar-refractivity contribution is -0.171. The van der Waals surface area contributed by atoms with Crippen molar-refractivity contribution >= 4 is 5.91 Å². The minimum absolute atomic E-state index is 0.103. The molecular weight excluding hydrogens is 192 g/mol. The van der Waals surface area contributed by atoms with E-state index < -0.39 is 0 Å². The Labute approximate surface area is 91.1 Å². The molecule has 0 unspecified atom stereocenters. The second-order valence-corrected chi connectivity index (χ2v) is 4.67. The Morgan fingerprint density at radius 2 is 2.00 bits per heavy atom. The van der Waals surface area contributed by atoms with Crippen molar-refractivity contribution in [2.24, 2.45) is 0 Å². The summed E-state index contributed by atoms with van der Waals surface area (Å²) in [4.78, 5) is 19.3. The lowest BCUT2D eigenvalue weighted by Crippen LogP contribution is -2.43. The van der Waals surface area contributed by atoms with Crippen LogP contribution in [0.2, 0.25) is 0 Å². The fourth-order valence-electron chi connectivity index (χ4n) is 3.01. The first-order valence-electron chi connectivity index (χ1n) is 5.74. The number of carbonyl (C=O) groups is 1. The highest BCUT2D eigenvalue weighted by Gasteiger charge is 2.45. The summed E-state index contributed by atoms with van der Waals surface area (Å²) in [5.41, 5.74) is 0.171. The van der Waals surface area contributed by atoms with Gasteiger partial charge in [0.25, 0.3) is 0 Å². The Morgan fingerprint density at radius 1 is 1.40 bits per heavy atom. The summed E-state index contributed by atoms with van der Waals surface area (Å²) in [5, 5.41) is 1.35. The number of rotatable bonds is 3. The van der Waals surface area contributed by atoms with Crippen LogP contribution in [0.1, 0.15) is 32.1 Å². The SMILES string of the molecule is CON(C)C(=O)CC12CCCN1CCC2. The first kappa shape index (κ1) is 10.9. The number of hydroxylamine groups is 2. The van der Waals surface area contributed by atoms with Crippen molar-refractivity contribution in [1.29, 1.82) is 0 Å². The van der Waals surface area contributed by atoms with Gasteiger partial charge in [0, 0.05) is 19.0 Å². The van der Waals surface area contributed by atoms with Crippen molar-refractivity contribution in [2.45, 2.75) is 37.6 Å². The highest BCUT2D eigenvalue weighted by atomic mass is 16.7. The zero-order chi connectivity index (χ0) is 10.9. The number of hydrogen-bond donors (Lipinski definition) is 0. The van der Waals surface area contributed by atoms with Gasteiger partial charge in [0.15, 0.2) is 0 Å². The zero-order valence-corrected chi connectivity index (χ0v) is 9.66. The van der Waals surface area contributed by atoms with Gasteiger partial charge in [-0.25, -0.2) is 5.06 Å². The number of amides is 1. The van der Waals surface area contributed by atoms with Crippen LogP contribution >= 0.6 is 0 Å². The molecule has 2 aliphatic heterocycles. The number of nitrogens with zero attached hydrogens (tertiary/aromatic N) is 2. The molecule has 0 saturated carbocycles. The van der Waals surface area contributed by atoms with E-state index in [0.29, 0.717) is 6.42 Å². The summed E-state index contributed by atoms with van der Waals surface area (Å²) >= 11 is 0. The van der Waals surface area contributed by atoms with E-state index in [1.165, 1.54) is 50.9 Å². The van der Waals surface area contributed by atoms with E-state index in [0.717, 1.165) is 0 Å². The van der Waals surface area contributed by atoms with Gasteiger partial charge in [0.1, 0.15) is 0 Å². The Morgan fingerprint density at radius 3 is 2.53 bits per heavy atom. The summed E-state index contributed by atoms with van der Waals surface area (Å²) in [6.45, 7) is 2.34. The van der Waals surface area contributed by atoms with E-state index in [9.17, 15) is 4.79 Å². The van der Waals surface area contributed by atoms with Crippen molar-refractivity contribution in [2.75, 3.05) is 27.2 Å². The standard InChI is InChI=1S/C11H20N2O2/c1-12(15-2)10(14)9-11-5-3-7-13(11)8-4-6-11/h3-9H2,1-2H3. The second-order valence-electron chi connectivity index (χ2n) is 4.67. The summed E-state index contributed by atoms with van der Waals surface area (Å²) in [7, 11) is 3.23. The first-order valence-corrected chi connectivity index (χ1v) is 5.74. The molecule has 0 spiro atoms. The van der Waals surface area contributed by atoms with E-state index in [-0.39, 0.29) is 11.4 Å². The fraction of sp³-hybridized carbons (Fsp3) is 0.909. The van der Waals surface area contributed by atoms with Crippen LogP contribution in [-0.4, -0.2) is 48.7 Å². The number of carbonyl (C=O) groups excluding carboxylic acids is 1. The lowest BCUT2D eigenvalue weighted by Gasteiger charge is -2.32. The highest BCUT2D eigenvalue weighted by molar-refractivity contribution is 5.76. The van der Waals surface area contributed by atoms with E-state index in [1.54, 1.807) is 7.05 Å². The Balaban J connectivity index is 2.00. The molecule has 0 radical (unpaired) electrons. The normalized spacial score (nSPS) is 24.1. The second kappa shape index (κ2) is 4.10. The molecule has 2 heterocycles. The molecule has 0 aliphatic carbocycles. The molecule has 1 amide bonds. The van der Waals surface area contributed by atoms with E-state index in [1.807, 2.05) is 0 Å². The van der Waals surface area contributed by atoms with Crippen LogP contribution in [-0.2, 0) is 9.63 Å². The topological polar surface area (TPSA) is 32.8 Å². The molecule has 4 heteroatoms. The van der Waals surface area contributed by atoms with Gasteiger partial charge in [-0.3, -0.25) is 14.5 Å². The molecule has 2 rings (SSSR count). The van der Waals surface area contributed by atoms with E-state index in [2.05, 4.69) is 4.90 Å². The van der Waals surface area contributed by atoms with Crippen LogP contribution in [0, 0.1) is 0 Å². The Bertz CT molecular complexity index is 245. The van der Waals surface area contributed by atoms with Crippen LogP contribution in [0.25, 0.3) is 0 Å². The maximum atomic E-state index is 11.8. The summed E-state index contributed by atoms with van der Waals surface area (Å²) in [5.74, 6) is 0.103. The van der Waals surface area contributed by atoms with Gasteiger partial charge >= 0.3 is 0 Å². The van der Waals surface area contributed by atoms with Crippen molar-refractivity contribution in [1.82, 2.24) is 9.96 Å². The molecule has 0 aromatic rings. The van der Waals surface area contributed by atoms with Crippen LogP contribution in [0.15, 0.2) is 0 Å². The third-order valence-electron chi connectivity index (χ3n) is 3.92. The van der Waals surface area contributed by atoms with Crippen LogP contribution in [0.5, 0.6) is 0 Å². The zero-order valence-electron chi connectivity index (χ0n) is 9.66. The minimum Gasteiger partial charge on any atom is -0.297 e. The van der Waals surface area contributed by atoms with E-state index in [4.69, 9.17) is 4.84 Å². The Hall–Kier alpha value is -0.610. The van der Waals surface area contributed by atoms with Crippen LogP contribution in [0.4, 0.5) is 0 Å². The molecular formula is C11H20N2O2. The van der Waals surface area contributed by atoms with Crippen molar-refractivity contribution in [3.05, 3.63) is 0 Å². The molecule has 0 aromatic heterocycles. The van der Waals surface area contributed by atoms with Gasteiger partial charge in [0.05, 0.1) is 7.11 Å².